The Kier molecular flexibility index (Phi) is 4.45. The number of halogens is 1. The average molecular weight is 209 g/mol. The van der Waals surface area contributed by atoms with Gasteiger partial charge >= 0.3 is 0 Å². The van der Waals surface area contributed by atoms with Gasteiger partial charge in [-0.15, -0.1) is 0 Å². The molecule has 1 aromatic rings. The fourth-order valence-corrected chi connectivity index (χ4v) is 1.58. The first-order valence-corrected chi connectivity index (χ1v) is 4.98. The Labute approximate surface area is 89.5 Å². The highest BCUT2D eigenvalue weighted by atomic mass is 35.5. The molecule has 0 aliphatic rings. The fraction of sp³-hybridized carbons (Fsp3) is 0.364. The third-order valence-electron chi connectivity index (χ3n) is 2.06. The zero-order valence-corrected chi connectivity index (χ0v) is 8.88. The lowest BCUT2D eigenvalue weighted by molar-refractivity contribution is 0.583. The summed E-state index contributed by atoms with van der Waals surface area (Å²) in [5, 5.41) is 12.4. The highest BCUT2D eigenvalue weighted by molar-refractivity contribution is 6.31. The topological polar surface area (TPSA) is 35.8 Å². The zero-order valence-electron chi connectivity index (χ0n) is 8.13. The molecule has 1 unspecified atom stereocenters. The largest absolute Gasteiger partial charge is 0.309 e. The van der Waals surface area contributed by atoms with E-state index < -0.39 is 0 Å². The van der Waals surface area contributed by atoms with Crippen LogP contribution in [0.25, 0.3) is 0 Å². The molecule has 0 bridgehead atoms. The summed E-state index contributed by atoms with van der Waals surface area (Å²) in [5.74, 6) is 0. The van der Waals surface area contributed by atoms with Crippen LogP contribution in [0.3, 0.4) is 0 Å². The molecule has 0 saturated carbocycles. The second-order valence-electron chi connectivity index (χ2n) is 3.11. The molecule has 1 N–H and O–H groups in total. The van der Waals surface area contributed by atoms with Crippen molar-refractivity contribution in [3.8, 4) is 6.07 Å². The zero-order chi connectivity index (χ0) is 10.4. The van der Waals surface area contributed by atoms with E-state index in [2.05, 4.69) is 11.4 Å². The molecular weight excluding hydrogens is 196 g/mol. The van der Waals surface area contributed by atoms with Gasteiger partial charge in [0.2, 0.25) is 0 Å². The molecule has 2 nitrogen and oxygen atoms in total. The van der Waals surface area contributed by atoms with Crippen molar-refractivity contribution in [2.75, 3.05) is 6.54 Å². The first-order valence-electron chi connectivity index (χ1n) is 4.60. The Morgan fingerprint density at radius 3 is 2.86 bits per heavy atom. The van der Waals surface area contributed by atoms with Crippen LogP contribution in [0.4, 0.5) is 0 Å². The van der Waals surface area contributed by atoms with Gasteiger partial charge in [0.15, 0.2) is 0 Å². The Balaban J connectivity index is 2.57. The van der Waals surface area contributed by atoms with Gasteiger partial charge in [-0.05, 0) is 18.6 Å². The quantitative estimate of drug-likeness (QED) is 0.773. The maximum absolute atomic E-state index is 8.39. The van der Waals surface area contributed by atoms with Crippen LogP contribution in [0, 0.1) is 11.3 Å². The molecule has 14 heavy (non-hydrogen) atoms. The molecule has 0 radical (unpaired) electrons. The summed E-state index contributed by atoms with van der Waals surface area (Å²) >= 11 is 6.03. The van der Waals surface area contributed by atoms with E-state index in [9.17, 15) is 0 Å². The van der Waals surface area contributed by atoms with Crippen molar-refractivity contribution in [3.05, 3.63) is 34.9 Å². The van der Waals surface area contributed by atoms with Crippen molar-refractivity contribution in [2.45, 2.75) is 19.4 Å². The predicted octanol–water partition coefficient (Wildman–Crippen LogP) is 2.90. The van der Waals surface area contributed by atoms with Gasteiger partial charge < -0.3 is 5.32 Å². The van der Waals surface area contributed by atoms with Gasteiger partial charge in [0, 0.05) is 24.0 Å². The normalized spacial score (nSPS) is 12.1. The van der Waals surface area contributed by atoms with Gasteiger partial charge in [-0.1, -0.05) is 29.8 Å². The number of nitrogens with zero attached hydrogens (tertiary/aromatic N) is 1. The SMILES string of the molecule is CC(NCCC#N)c1ccccc1Cl. The Morgan fingerprint density at radius 1 is 1.50 bits per heavy atom. The average Bonchev–Trinajstić information content (AvgIpc) is 2.18. The molecule has 0 amide bonds. The predicted molar refractivity (Wildman–Crippen MR) is 58.1 cm³/mol. The number of nitriles is 1. The summed E-state index contributed by atoms with van der Waals surface area (Å²) in [6, 6.07) is 10.0. The van der Waals surface area contributed by atoms with Crippen molar-refractivity contribution in [1.82, 2.24) is 5.32 Å². The lowest BCUT2D eigenvalue weighted by atomic mass is 10.1. The Bertz CT molecular complexity index is 330. The van der Waals surface area contributed by atoms with Crippen molar-refractivity contribution in [2.24, 2.45) is 0 Å². The van der Waals surface area contributed by atoms with Gasteiger partial charge in [0.05, 0.1) is 6.07 Å². The highest BCUT2D eigenvalue weighted by Gasteiger charge is 2.06. The maximum atomic E-state index is 8.39. The summed E-state index contributed by atoms with van der Waals surface area (Å²) in [4.78, 5) is 0. The van der Waals surface area contributed by atoms with E-state index in [4.69, 9.17) is 16.9 Å². The number of hydrogen-bond acceptors (Lipinski definition) is 2. The third-order valence-corrected chi connectivity index (χ3v) is 2.40. The highest BCUT2D eigenvalue weighted by Crippen LogP contribution is 2.21. The van der Waals surface area contributed by atoms with Gasteiger partial charge in [-0.2, -0.15) is 5.26 Å². The molecule has 0 aliphatic heterocycles. The minimum absolute atomic E-state index is 0.192. The molecule has 3 heteroatoms. The molecule has 0 fully saturated rings. The minimum Gasteiger partial charge on any atom is -0.309 e. The standard InChI is InChI=1S/C11H13ClN2/c1-9(14-8-4-7-13)10-5-2-3-6-11(10)12/h2-3,5-6,9,14H,4,8H2,1H3. The summed E-state index contributed by atoms with van der Waals surface area (Å²) in [6.07, 6.45) is 0.523. The Morgan fingerprint density at radius 2 is 2.21 bits per heavy atom. The fourth-order valence-electron chi connectivity index (χ4n) is 1.28. The van der Waals surface area contributed by atoms with Crippen molar-refractivity contribution in [1.29, 1.82) is 5.26 Å². The van der Waals surface area contributed by atoms with E-state index in [-0.39, 0.29) is 6.04 Å². The van der Waals surface area contributed by atoms with E-state index in [0.717, 1.165) is 10.6 Å². The van der Waals surface area contributed by atoms with Crippen LogP contribution in [-0.2, 0) is 0 Å². The minimum atomic E-state index is 0.192. The van der Waals surface area contributed by atoms with Gasteiger partial charge in [0.25, 0.3) is 0 Å². The molecule has 1 rings (SSSR count). The first kappa shape index (κ1) is 11.0. The second-order valence-corrected chi connectivity index (χ2v) is 3.51. The summed E-state index contributed by atoms with van der Waals surface area (Å²) in [5.41, 5.74) is 1.08. The summed E-state index contributed by atoms with van der Waals surface area (Å²) in [7, 11) is 0. The lowest BCUT2D eigenvalue weighted by Crippen LogP contribution is -2.19. The van der Waals surface area contributed by atoms with E-state index in [0.29, 0.717) is 13.0 Å². The molecule has 1 aromatic carbocycles. The van der Waals surface area contributed by atoms with Crippen molar-refractivity contribution >= 4 is 11.6 Å². The smallest absolute Gasteiger partial charge is 0.0635 e. The molecule has 0 saturated heterocycles. The Hall–Kier alpha value is -1.04. The van der Waals surface area contributed by atoms with Crippen LogP contribution >= 0.6 is 11.6 Å². The van der Waals surface area contributed by atoms with Crippen LogP contribution in [0.5, 0.6) is 0 Å². The van der Waals surface area contributed by atoms with E-state index in [1.54, 1.807) is 0 Å². The number of benzene rings is 1. The molecule has 0 spiro atoms. The summed E-state index contributed by atoms with van der Waals surface area (Å²) in [6.45, 7) is 2.74. The number of nitrogens with one attached hydrogen (secondary N) is 1. The van der Waals surface area contributed by atoms with E-state index >= 15 is 0 Å². The third kappa shape index (κ3) is 3.02. The van der Waals surface area contributed by atoms with Crippen LogP contribution in [0.2, 0.25) is 5.02 Å². The number of hydrogen-bond donors (Lipinski definition) is 1. The molecule has 0 aromatic heterocycles. The van der Waals surface area contributed by atoms with Gasteiger partial charge in [-0.3, -0.25) is 0 Å². The first-order chi connectivity index (χ1) is 6.75. The van der Waals surface area contributed by atoms with Gasteiger partial charge in [-0.25, -0.2) is 0 Å². The molecule has 0 heterocycles. The summed E-state index contributed by atoms with van der Waals surface area (Å²) < 4.78 is 0. The maximum Gasteiger partial charge on any atom is 0.0635 e. The van der Waals surface area contributed by atoms with E-state index in [1.807, 2.05) is 31.2 Å². The molecule has 1 atom stereocenters. The number of rotatable bonds is 4. The van der Waals surface area contributed by atoms with E-state index in [1.165, 1.54) is 0 Å². The van der Waals surface area contributed by atoms with Crippen LogP contribution in [0.1, 0.15) is 24.9 Å². The second kappa shape index (κ2) is 5.64. The van der Waals surface area contributed by atoms with Gasteiger partial charge in [0.1, 0.15) is 0 Å². The molecule has 0 aliphatic carbocycles. The molecular formula is C11H13ClN2. The lowest BCUT2D eigenvalue weighted by Gasteiger charge is -2.14. The van der Waals surface area contributed by atoms with Crippen LogP contribution < -0.4 is 5.32 Å². The van der Waals surface area contributed by atoms with Crippen LogP contribution in [0.15, 0.2) is 24.3 Å². The molecule has 74 valence electrons. The van der Waals surface area contributed by atoms with Crippen LogP contribution in [-0.4, -0.2) is 6.54 Å². The van der Waals surface area contributed by atoms with Crippen molar-refractivity contribution in [3.63, 3.8) is 0 Å². The monoisotopic (exact) mass is 208 g/mol. The van der Waals surface area contributed by atoms with Crippen molar-refractivity contribution < 1.29 is 0 Å².